The Balaban J connectivity index is 2.17. The molecule has 8 nitrogen and oxygen atoms in total. The van der Waals surface area contributed by atoms with Crippen molar-refractivity contribution in [1.29, 1.82) is 0 Å². The summed E-state index contributed by atoms with van der Waals surface area (Å²) in [6.07, 6.45) is -7.29. The average Bonchev–Trinajstić information content (AvgIpc) is 2.49. The van der Waals surface area contributed by atoms with Crippen LogP contribution in [0.25, 0.3) is 0 Å². The topological polar surface area (TPSA) is 137 Å². The van der Waals surface area contributed by atoms with E-state index in [4.69, 9.17) is 19.7 Å². The van der Waals surface area contributed by atoms with Crippen molar-refractivity contribution in [3.05, 3.63) is 29.8 Å². The van der Waals surface area contributed by atoms with Crippen molar-refractivity contribution in [2.45, 2.75) is 37.1 Å². The van der Waals surface area contributed by atoms with Gasteiger partial charge in [0.2, 0.25) is 6.29 Å². The highest BCUT2D eigenvalue weighted by Crippen LogP contribution is 2.26. The van der Waals surface area contributed by atoms with Crippen LogP contribution in [-0.2, 0) is 16.0 Å². The molecule has 0 spiro atoms. The lowest BCUT2D eigenvalue weighted by Crippen LogP contribution is -2.60. The molecule has 0 unspecified atom stereocenters. The molecule has 122 valence electrons. The maximum absolute atomic E-state index is 10.8. The molecule has 0 bridgehead atoms. The quantitative estimate of drug-likeness (QED) is 0.442. The Morgan fingerprint density at radius 3 is 2.45 bits per heavy atom. The summed E-state index contributed by atoms with van der Waals surface area (Å²) in [4.78, 5) is 10.8. The number of carbonyl (C=O) groups is 1. The molecule has 0 radical (unpaired) electrons. The number of aliphatic carboxylic acids is 1. The average molecular weight is 314 g/mol. The number of carboxylic acids is 1. The number of ether oxygens (including phenoxy) is 2. The third kappa shape index (κ3) is 3.54. The third-order valence-corrected chi connectivity index (χ3v) is 3.41. The van der Waals surface area contributed by atoms with E-state index in [1.165, 1.54) is 6.07 Å². The number of hydrogen-bond acceptors (Lipinski definition) is 7. The van der Waals surface area contributed by atoms with Crippen LogP contribution in [0.5, 0.6) is 5.75 Å². The molecule has 0 saturated carbocycles. The van der Waals surface area contributed by atoms with Crippen LogP contribution in [0.4, 0.5) is 0 Å². The summed E-state index contributed by atoms with van der Waals surface area (Å²) in [5, 5.41) is 47.3. The van der Waals surface area contributed by atoms with E-state index in [2.05, 4.69) is 0 Å². The second-order valence-corrected chi connectivity index (χ2v) is 4.99. The molecule has 1 saturated heterocycles. The fraction of sp³-hybridized carbons (Fsp3) is 0.500. The minimum Gasteiger partial charge on any atom is -0.481 e. The predicted molar refractivity (Wildman–Crippen MR) is 72.2 cm³/mol. The summed E-state index contributed by atoms with van der Waals surface area (Å²) < 4.78 is 10.6. The zero-order valence-electron chi connectivity index (χ0n) is 11.6. The number of benzene rings is 1. The van der Waals surface area contributed by atoms with E-state index in [9.17, 15) is 20.1 Å². The Bertz CT molecular complexity index is 517. The molecule has 5 N–H and O–H groups in total. The largest absolute Gasteiger partial charge is 0.481 e. The van der Waals surface area contributed by atoms with Gasteiger partial charge in [0.1, 0.15) is 30.2 Å². The standard InChI is InChI=1S/C14H18O8/c15-6-9-11(18)12(19)13(20)14(22-9)21-8-4-2-1-3-7(8)5-10(16)17/h1-4,9,11-15,18-20H,5-6H2,(H,16,17)/t9-,11+,12-,13-,14-/m0/s1. The van der Waals surface area contributed by atoms with Crippen molar-refractivity contribution in [2.24, 2.45) is 0 Å². The summed E-state index contributed by atoms with van der Waals surface area (Å²) in [7, 11) is 0. The highest BCUT2D eigenvalue weighted by molar-refractivity contribution is 5.71. The number of aliphatic hydroxyl groups excluding tert-OH is 4. The second kappa shape index (κ2) is 7.03. The summed E-state index contributed by atoms with van der Waals surface area (Å²) >= 11 is 0. The fourth-order valence-electron chi connectivity index (χ4n) is 2.22. The molecule has 1 fully saturated rings. The lowest BCUT2D eigenvalue weighted by Gasteiger charge is -2.39. The van der Waals surface area contributed by atoms with Gasteiger partial charge in [-0.2, -0.15) is 0 Å². The van der Waals surface area contributed by atoms with Crippen LogP contribution < -0.4 is 4.74 Å². The van der Waals surface area contributed by atoms with Gasteiger partial charge in [0.25, 0.3) is 0 Å². The van der Waals surface area contributed by atoms with Gasteiger partial charge in [-0.25, -0.2) is 0 Å². The number of para-hydroxylation sites is 1. The minimum atomic E-state index is -1.55. The van der Waals surface area contributed by atoms with Gasteiger partial charge in [-0.15, -0.1) is 0 Å². The van der Waals surface area contributed by atoms with E-state index >= 15 is 0 Å². The van der Waals surface area contributed by atoms with Crippen LogP contribution in [0, 0.1) is 0 Å². The number of aliphatic hydroxyl groups is 4. The highest BCUT2D eigenvalue weighted by Gasteiger charge is 2.44. The highest BCUT2D eigenvalue weighted by atomic mass is 16.7. The Morgan fingerprint density at radius 1 is 1.14 bits per heavy atom. The molecule has 0 amide bonds. The van der Waals surface area contributed by atoms with Gasteiger partial charge >= 0.3 is 5.97 Å². The summed E-state index contributed by atoms with van der Waals surface area (Å²) in [5.74, 6) is -0.876. The molecule has 1 aromatic rings. The van der Waals surface area contributed by atoms with Crippen LogP contribution in [0.15, 0.2) is 24.3 Å². The monoisotopic (exact) mass is 314 g/mol. The fourth-order valence-corrected chi connectivity index (χ4v) is 2.22. The summed E-state index contributed by atoms with van der Waals surface area (Å²) in [6.45, 7) is -0.568. The van der Waals surface area contributed by atoms with Gasteiger partial charge in [0, 0.05) is 5.56 Å². The maximum Gasteiger partial charge on any atom is 0.307 e. The van der Waals surface area contributed by atoms with E-state index in [1.807, 2.05) is 0 Å². The summed E-state index contributed by atoms with van der Waals surface area (Å²) in [5.41, 5.74) is 0.368. The zero-order chi connectivity index (χ0) is 16.3. The van der Waals surface area contributed by atoms with E-state index in [-0.39, 0.29) is 12.2 Å². The van der Waals surface area contributed by atoms with Crippen molar-refractivity contribution in [1.82, 2.24) is 0 Å². The number of rotatable bonds is 5. The molecule has 0 aromatic heterocycles. The van der Waals surface area contributed by atoms with E-state index in [1.54, 1.807) is 18.2 Å². The predicted octanol–water partition coefficient (Wildman–Crippen LogP) is -1.51. The van der Waals surface area contributed by atoms with Gasteiger partial charge in [-0.3, -0.25) is 4.79 Å². The first-order valence-electron chi connectivity index (χ1n) is 6.71. The van der Waals surface area contributed by atoms with Gasteiger partial charge < -0.3 is 35.0 Å². The Hall–Kier alpha value is -1.71. The first-order chi connectivity index (χ1) is 10.4. The first kappa shape index (κ1) is 16.7. The molecule has 8 heteroatoms. The first-order valence-corrected chi connectivity index (χ1v) is 6.71. The smallest absolute Gasteiger partial charge is 0.307 e. The number of hydrogen-bond donors (Lipinski definition) is 5. The Morgan fingerprint density at radius 2 is 1.82 bits per heavy atom. The lowest BCUT2D eigenvalue weighted by molar-refractivity contribution is -0.277. The third-order valence-electron chi connectivity index (χ3n) is 3.41. The molecular formula is C14H18O8. The lowest BCUT2D eigenvalue weighted by atomic mass is 9.99. The van der Waals surface area contributed by atoms with Gasteiger partial charge in [-0.1, -0.05) is 18.2 Å². The zero-order valence-corrected chi connectivity index (χ0v) is 11.6. The van der Waals surface area contributed by atoms with Crippen molar-refractivity contribution >= 4 is 5.97 Å². The van der Waals surface area contributed by atoms with E-state index in [0.29, 0.717) is 5.56 Å². The van der Waals surface area contributed by atoms with Crippen LogP contribution in [0.1, 0.15) is 5.56 Å². The molecule has 2 rings (SSSR count). The van der Waals surface area contributed by atoms with Crippen molar-refractivity contribution in [2.75, 3.05) is 6.61 Å². The summed E-state index contributed by atoms with van der Waals surface area (Å²) in [6, 6.07) is 6.30. The molecule has 1 aromatic carbocycles. The molecule has 5 atom stereocenters. The SMILES string of the molecule is O=C(O)Cc1ccccc1O[C@H]1O[C@@H](CO)[C@@H](O)[C@H](O)[C@@H]1O. The molecule has 0 aliphatic carbocycles. The molecule has 1 heterocycles. The molecule has 22 heavy (non-hydrogen) atoms. The molecule has 1 aliphatic heterocycles. The van der Waals surface area contributed by atoms with Gasteiger partial charge in [-0.05, 0) is 6.07 Å². The van der Waals surface area contributed by atoms with E-state index < -0.39 is 43.3 Å². The Labute approximate surface area is 126 Å². The normalized spacial score (nSPS) is 31.7. The van der Waals surface area contributed by atoms with Crippen molar-refractivity contribution in [3.63, 3.8) is 0 Å². The molecule has 1 aliphatic rings. The Kier molecular flexibility index (Phi) is 5.33. The maximum atomic E-state index is 10.8. The van der Waals surface area contributed by atoms with Crippen LogP contribution in [0.2, 0.25) is 0 Å². The second-order valence-electron chi connectivity index (χ2n) is 4.99. The van der Waals surface area contributed by atoms with Crippen LogP contribution in [-0.4, -0.2) is 68.8 Å². The number of carboxylic acid groups (broad SMARTS) is 1. The van der Waals surface area contributed by atoms with Crippen molar-refractivity contribution in [3.8, 4) is 5.75 Å². The van der Waals surface area contributed by atoms with Crippen molar-refractivity contribution < 1.29 is 39.8 Å². The van der Waals surface area contributed by atoms with Crippen LogP contribution >= 0.6 is 0 Å². The molecular weight excluding hydrogens is 296 g/mol. The van der Waals surface area contributed by atoms with Gasteiger partial charge in [0.15, 0.2) is 0 Å². The van der Waals surface area contributed by atoms with Gasteiger partial charge in [0.05, 0.1) is 13.0 Å². The minimum absolute atomic E-state index is 0.175. The van der Waals surface area contributed by atoms with Crippen LogP contribution in [0.3, 0.4) is 0 Å². The van der Waals surface area contributed by atoms with E-state index in [0.717, 1.165) is 0 Å².